The molecular formula is C15H20N2O2S. The van der Waals surface area contributed by atoms with E-state index in [1.54, 1.807) is 22.7 Å². The van der Waals surface area contributed by atoms with E-state index in [2.05, 4.69) is 12.2 Å². The third-order valence-electron chi connectivity index (χ3n) is 3.68. The van der Waals surface area contributed by atoms with Crippen molar-refractivity contribution in [2.24, 2.45) is 0 Å². The van der Waals surface area contributed by atoms with Crippen molar-refractivity contribution in [2.75, 3.05) is 24.4 Å². The predicted octanol–water partition coefficient (Wildman–Crippen LogP) is 2.39. The van der Waals surface area contributed by atoms with Gasteiger partial charge in [-0.15, -0.1) is 0 Å². The van der Waals surface area contributed by atoms with Crippen LogP contribution in [0, 0.1) is 0 Å². The molecule has 0 bridgehead atoms. The highest BCUT2D eigenvalue weighted by atomic mass is 32.2. The molecule has 108 valence electrons. The highest BCUT2D eigenvalue weighted by Crippen LogP contribution is 2.25. The zero-order chi connectivity index (χ0) is 14.7. The maximum absolute atomic E-state index is 12.5. The van der Waals surface area contributed by atoms with Gasteiger partial charge in [-0.25, -0.2) is 0 Å². The number of thioether (sulfide) groups is 1. The monoisotopic (exact) mass is 292 g/mol. The molecule has 0 radical (unpaired) electrons. The molecule has 20 heavy (non-hydrogen) atoms. The number of hydrogen-bond donors (Lipinski definition) is 1. The third-order valence-corrected chi connectivity index (χ3v) is 4.40. The molecule has 2 rings (SSSR count). The smallest absolute Gasteiger partial charge is 0.253 e. The van der Waals surface area contributed by atoms with Crippen LogP contribution in [0.25, 0.3) is 0 Å². The topological polar surface area (TPSA) is 49.4 Å². The Morgan fingerprint density at radius 3 is 2.90 bits per heavy atom. The first-order valence-electron chi connectivity index (χ1n) is 6.75. The van der Waals surface area contributed by atoms with E-state index in [0.717, 1.165) is 23.4 Å². The summed E-state index contributed by atoms with van der Waals surface area (Å²) in [5, 5.41) is 2.79. The van der Waals surface area contributed by atoms with E-state index >= 15 is 0 Å². The van der Waals surface area contributed by atoms with Gasteiger partial charge in [-0.2, -0.15) is 11.8 Å². The van der Waals surface area contributed by atoms with Crippen LogP contribution in [0.2, 0.25) is 0 Å². The van der Waals surface area contributed by atoms with E-state index in [4.69, 9.17) is 0 Å². The number of amides is 2. The lowest BCUT2D eigenvalue weighted by Gasteiger charge is -2.27. The van der Waals surface area contributed by atoms with Crippen LogP contribution in [0.5, 0.6) is 0 Å². The summed E-state index contributed by atoms with van der Waals surface area (Å²) >= 11 is 1.74. The highest BCUT2D eigenvalue weighted by molar-refractivity contribution is 7.98. The molecule has 2 amide bonds. The molecule has 1 unspecified atom stereocenters. The van der Waals surface area contributed by atoms with Gasteiger partial charge >= 0.3 is 0 Å². The minimum atomic E-state index is -0.00762. The van der Waals surface area contributed by atoms with E-state index < -0.39 is 0 Å². The van der Waals surface area contributed by atoms with E-state index in [1.165, 1.54) is 0 Å². The molecule has 0 saturated heterocycles. The Hall–Kier alpha value is -1.49. The standard InChI is InChI=1S/C15H20N2O2S/c1-4-12(9-20-3)17(2)15(19)11-6-5-10-8-14(18)16-13(10)7-11/h5-7,12H,4,8-9H2,1-3H3,(H,16,18). The van der Waals surface area contributed by atoms with E-state index in [-0.39, 0.29) is 17.9 Å². The molecule has 1 aliphatic rings. The van der Waals surface area contributed by atoms with Crippen LogP contribution in [-0.2, 0) is 11.2 Å². The number of carbonyl (C=O) groups is 2. The second kappa shape index (κ2) is 6.31. The van der Waals surface area contributed by atoms with Crippen molar-refractivity contribution in [1.29, 1.82) is 0 Å². The van der Waals surface area contributed by atoms with Crippen molar-refractivity contribution in [3.05, 3.63) is 29.3 Å². The number of nitrogens with one attached hydrogen (secondary N) is 1. The van der Waals surface area contributed by atoms with Gasteiger partial charge in [0, 0.05) is 30.1 Å². The number of carbonyl (C=O) groups excluding carboxylic acids is 2. The Balaban J connectivity index is 2.17. The van der Waals surface area contributed by atoms with Crippen LogP contribution in [0.15, 0.2) is 18.2 Å². The SMILES string of the molecule is CCC(CSC)N(C)C(=O)c1ccc2c(c1)NC(=O)C2. The van der Waals surface area contributed by atoms with Crippen LogP contribution in [0.4, 0.5) is 5.69 Å². The summed E-state index contributed by atoms with van der Waals surface area (Å²) in [6.07, 6.45) is 3.39. The minimum absolute atomic E-state index is 0.00762. The molecule has 1 atom stereocenters. The van der Waals surface area contributed by atoms with Crippen LogP contribution in [0.1, 0.15) is 29.3 Å². The first-order chi connectivity index (χ1) is 9.56. The van der Waals surface area contributed by atoms with Crippen molar-refractivity contribution >= 4 is 29.3 Å². The second-order valence-electron chi connectivity index (χ2n) is 5.03. The molecule has 1 N–H and O–H groups in total. The Bertz CT molecular complexity index is 531. The number of rotatable bonds is 5. The molecule has 4 nitrogen and oxygen atoms in total. The number of nitrogens with zero attached hydrogens (tertiary/aromatic N) is 1. The fraction of sp³-hybridized carbons (Fsp3) is 0.467. The summed E-state index contributed by atoms with van der Waals surface area (Å²) in [7, 11) is 1.85. The fourth-order valence-corrected chi connectivity index (χ4v) is 3.26. The molecule has 1 aromatic rings. The minimum Gasteiger partial charge on any atom is -0.338 e. The number of hydrogen-bond acceptors (Lipinski definition) is 3. The predicted molar refractivity (Wildman–Crippen MR) is 83.3 cm³/mol. The van der Waals surface area contributed by atoms with E-state index in [9.17, 15) is 9.59 Å². The van der Waals surface area contributed by atoms with Crippen molar-refractivity contribution in [1.82, 2.24) is 4.90 Å². The number of anilines is 1. The maximum atomic E-state index is 12.5. The summed E-state index contributed by atoms with van der Waals surface area (Å²) in [5.41, 5.74) is 2.37. The van der Waals surface area contributed by atoms with Crippen LogP contribution >= 0.6 is 11.8 Å². The lowest BCUT2D eigenvalue weighted by molar-refractivity contribution is -0.115. The largest absolute Gasteiger partial charge is 0.338 e. The van der Waals surface area contributed by atoms with Crippen LogP contribution < -0.4 is 5.32 Å². The van der Waals surface area contributed by atoms with Gasteiger partial charge in [0.15, 0.2) is 0 Å². The van der Waals surface area contributed by atoms with E-state index in [1.807, 2.05) is 25.4 Å². The number of fused-ring (bicyclic) bond motifs is 1. The summed E-state index contributed by atoms with van der Waals surface area (Å²) in [4.78, 5) is 25.7. The van der Waals surface area contributed by atoms with Gasteiger partial charge in [0.25, 0.3) is 5.91 Å². The van der Waals surface area contributed by atoms with Gasteiger partial charge in [0.05, 0.1) is 6.42 Å². The lowest BCUT2D eigenvalue weighted by Crippen LogP contribution is -2.38. The summed E-state index contributed by atoms with van der Waals surface area (Å²) in [6, 6.07) is 5.69. The molecule has 0 fully saturated rings. The van der Waals surface area contributed by atoms with Gasteiger partial charge < -0.3 is 10.2 Å². The third kappa shape index (κ3) is 2.98. The average Bonchev–Trinajstić information content (AvgIpc) is 2.82. The molecule has 1 heterocycles. The van der Waals surface area contributed by atoms with Gasteiger partial charge in [-0.05, 0) is 30.4 Å². The van der Waals surface area contributed by atoms with E-state index in [0.29, 0.717) is 12.0 Å². The molecule has 1 aliphatic heterocycles. The van der Waals surface area contributed by atoms with Gasteiger partial charge in [-0.3, -0.25) is 9.59 Å². The van der Waals surface area contributed by atoms with Gasteiger partial charge in [0.2, 0.25) is 5.91 Å². The highest BCUT2D eigenvalue weighted by Gasteiger charge is 2.23. The first kappa shape index (κ1) is 14.9. The Morgan fingerprint density at radius 1 is 1.50 bits per heavy atom. The van der Waals surface area contributed by atoms with Crippen molar-refractivity contribution in [2.45, 2.75) is 25.8 Å². The quantitative estimate of drug-likeness (QED) is 0.906. The van der Waals surface area contributed by atoms with Crippen molar-refractivity contribution < 1.29 is 9.59 Å². The van der Waals surface area contributed by atoms with Crippen molar-refractivity contribution in [3.8, 4) is 0 Å². The molecule has 0 aromatic heterocycles. The lowest BCUT2D eigenvalue weighted by atomic mass is 10.1. The van der Waals surface area contributed by atoms with Gasteiger partial charge in [-0.1, -0.05) is 13.0 Å². The Morgan fingerprint density at radius 2 is 2.25 bits per heavy atom. The Labute approximate surface area is 123 Å². The molecule has 0 aliphatic carbocycles. The second-order valence-corrected chi connectivity index (χ2v) is 5.94. The molecule has 1 aromatic carbocycles. The summed E-state index contributed by atoms with van der Waals surface area (Å²) < 4.78 is 0. The van der Waals surface area contributed by atoms with Crippen molar-refractivity contribution in [3.63, 3.8) is 0 Å². The fourth-order valence-electron chi connectivity index (χ4n) is 2.41. The zero-order valence-electron chi connectivity index (χ0n) is 12.1. The summed E-state index contributed by atoms with van der Waals surface area (Å²) in [6.45, 7) is 2.09. The van der Waals surface area contributed by atoms with Gasteiger partial charge in [0.1, 0.15) is 0 Å². The normalized spacial score (nSPS) is 14.7. The molecule has 0 spiro atoms. The molecular weight excluding hydrogens is 272 g/mol. The van der Waals surface area contributed by atoms with Crippen LogP contribution in [-0.4, -0.2) is 41.8 Å². The molecule has 5 heteroatoms. The first-order valence-corrected chi connectivity index (χ1v) is 8.15. The number of benzene rings is 1. The Kier molecular flexibility index (Phi) is 4.70. The average molecular weight is 292 g/mol. The molecule has 0 saturated carbocycles. The van der Waals surface area contributed by atoms with Crippen LogP contribution in [0.3, 0.4) is 0 Å². The summed E-state index contributed by atoms with van der Waals surface area (Å²) in [5.74, 6) is 0.932. The maximum Gasteiger partial charge on any atom is 0.253 e. The zero-order valence-corrected chi connectivity index (χ0v) is 12.9.